The Morgan fingerprint density at radius 1 is 1.65 bits per heavy atom. The highest BCUT2D eigenvalue weighted by Gasteiger charge is 2.14. The Morgan fingerprint density at radius 3 is 2.76 bits per heavy atom. The molecule has 0 saturated heterocycles. The van der Waals surface area contributed by atoms with Gasteiger partial charge in [-0.25, -0.2) is 0 Å². The summed E-state index contributed by atoms with van der Waals surface area (Å²) in [5.41, 5.74) is 5.99. The SMILES string of the molecule is CCC(NC(=O)c1ccc(Br)c(Cl)c1)C(N)=S. The molecule has 0 spiro atoms. The first-order valence-electron chi connectivity index (χ1n) is 5.01. The molecule has 0 aliphatic heterocycles. The number of nitrogens with two attached hydrogens (primary N) is 1. The maximum absolute atomic E-state index is 11.9. The van der Waals surface area contributed by atoms with E-state index < -0.39 is 0 Å². The summed E-state index contributed by atoms with van der Waals surface area (Å²) >= 11 is 14.0. The number of carbonyl (C=O) groups excluding carboxylic acids is 1. The van der Waals surface area contributed by atoms with Gasteiger partial charge in [0.1, 0.15) is 0 Å². The highest BCUT2D eigenvalue weighted by molar-refractivity contribution is 9.10. The Morgan fingerprint density at radius 2 is 2.29 bits per heavy atom. The molecule has 1 unspecified atom stereocenters. The number of rotatable bonds is 4. The summed E-state index contributed by atoms with van der Waals surface area (Å²) in [4.78, 5) is 12.2. The predicted molar refractivity (Wildman–Crippen MR) is 77.5 cm³/mol. The molecule has 0 aromatic heterocycles. The van der Waals surface area contributed by atoms with Crippen molar-refractivity contribution in [2.24, 2.45) is 5.73 Å². The van der Waals surface area contributed by atoms with E-state index in [1.807, 2.05) is 6.92 Å². The third-order valence-electron chi connectivity index (χ3n) is 2.24. The molecule has 1 rings (SSSR count). The molecule has 0 saturated carbocycles. The fourth-order valence-electron chi connectivity index (χ4n) is 1.25. The van der Waals surface area contributed by atoms with E-state index in [9.17, 15) is 4.79 Å². The van der Waals surface area contributed by atoms with E-state index in [1.54, 1.807) is 18.2 Å². The molecular weight excluding hydrogens is 324 g/mol. The minimum atomic E-state index is -0.292. The molecule has 92 valence electrons. The molecule has 0 bridgehead atoms. The van der Waals surface area contributed by atoms with Crippen LogP contribution in [-0.2, 0) is 0 Å². The van der Waals surface area contributed by atoms with E-state index in [-0.39, 0.29) is 16.9 Å². The van der Waals surface area contributed by atoms with Crippen molar-refractivity contribution in [3.63, 3.8) is 0 Å². The van der Waals surface area contributed by atoms with Crippen molar-refractivity contribution in [1.82, 2.24) is 5.32 Å². The van der Waals surface area contributed by atoms with E-state index in [1.165, 1.54) is 0 Å². The molecule has 0 aliphatic rings. The summed E-state index contributed by atoms with van der Waals surface area (Å²) in [7, 11) is 0. The van der Waals surface area contributed by atoms with E-state index in [0.29, 0.717) is 17.0 Å². The Kier molecular flexibility index (Phi) is 5.36. The van der Waals surface area contributed by atoms with Gasteiger partial charge in [0.05, 0.1) is 16.1 Å². The monoisotopic (exact) mass is 334 g/mol. The van der Waals surface area contributed by atoms with Gasteiger partial charge in [-0.1, -0.05) is 30.7 Å². The average Bonchev–Trinajstić information content (AvgIpc) is 2.28. The Bertz CT molecular complexity index is 453. The Labute approximate surface area is 119 Å². The van der Waals surface area contributed by atoms with Crippen molar-refractivity contribution in [2.45, 2.75) is 19.4 Å². The molecule has 3 N–H and O–H groups in total. The normalized spacial score (nSPS) is 11.9. The van der Waals surface area contributed by atoms with Crippen molar-refractivity contribution in [3.05, 3.63) is 33.3 Å². The van der Waals surface area contributed by atoms with Gasteiger partial charge < -0.3 is 11.1 Å². The first kappa shape index (κ1) is 14.4. The second kappa shape index (κ2) is 6.33. The summed E-state index contributed by atoms with van der Waals surface area (Å²) in [5, 5.41) is 3.24. The van der Waals surface area contributed by atoms with Crippen LogP contribution in [0, 0.1) is 0 Å². The molecule has 6 heteroatoms. The van der Waals surface area contributed by atoms with Gasteiger partial charge >= 0.3 is 0 Å². The van der Waals surface area contributed by atoms with Crippen molar-refractivity contribution < 1.29 is 4.79 Å². The van der Waals surface area contributed by atoms with Gasteiger partial charge in [-0.3, -0.25) is 4.79 Å². The van der Waals surface area contributed by atoms with Gasteiger partial charge in [0, 0.05) is 10.0 Å². The summed E-state index contributed by atoms with van der Waals surface area (Å²) in [5.74, 6) is -0.237. The third kappa shape index (κ3) is 3.94. The number of thiocarbonyl (C=S) groups is 1. The second-order valence-corrected chi connectivity index (χ2v) is 5.20. The van der Waals surface area contributed by atoms with Crippen LogP contribution in [0.25, 0.3) is 0 Å². The van der Waals surface area contributed by atoms with E-state index in [2.05, 4.69) is 21.2 Å². The van der Waals surface area contributed by atoms with Gasteiger partial charge in [0.2, 0.25) is 0 Å². The van der Waals surface area contributed by atoms with E-state index in [0.717, 1.165) is 4.47 Å². The number of carbonyl (C=O) groups is 1. The van der Waals surface area contributed by atoms with Crippen molar-refractivity contribution in [3.8, 4) is 0 Å². The second-order valence-electron chi connectivity index (χ2n) is 3.47. The minimum absolute atomic E-state index is 0.237. The zero-order valence-electron chi connectivity index (χ0n) is 9.17. The standard InChI is InChI=1S/C11H12BrClN2OS/c1-2-9(10(14)17)15-11(16)6-3-4-7(12)8(13)5-6/h3-5,9H,2H2,1H3,(H2,14,17)(H,15,16). The molecule has 0 fully saturated rings. The number of benzene rings is 1. The lowest BCUT2D eigenvalue weighted by Gasteiger charge is -2.15. The number of hydrogen-bond acceptors (Lipinski definition) is 2. The quantitative estimate of drug-likeness (QED) is 0.832. The zero-order valence-corrected chi connectivity index (χ0v) is 12.3. The topological polar surface area (TPSA) is 55.1 Å². The maximum atomic E-state index is 11.9. The summed E-state index contributed by atoms with van der Waals surface area (Å²) < 4.78 is 0.747. The fourth-order valence-corrected chi connectivity index (χ4v) is 1.91. The van der Waals surface area contributed by atoms with Crippen molar-refractivity contribution >= 4 is 50.6 Å². The molecule has 1 aromatic carbocycles. The van der Waals surface area contributed by atoms with Gasteiger partial charge in [0.15, 0.2) is 0 Å². The highest BCUT2D eigenvalue weighted by atomic mass is 79.9. The molecule has 0 aliphatic carbocycles. The van der Waals surface area contributed by atoms with Crippen LogP contribution in [0.5, 0.6) is 0 Å². The molecule has 3 nitrogen and oxygen atoms in total. The van der Waals surface area contributed by atoms with Crippen LogP contribution in [0.2, 0.25) is 5.02 Å². The molecule has 0 heterocycles. The molecular formula is C11H12BrClN2OS. The molecule has 1 atom stereocenters. The maximum Gasteiger partial charge on any atom is 0.251 e. The first-order valence-corrected chi connectivity index (χ1v) is 6.58. The number of amides is 1. The van der Waals surface area contributed by atoms with Crippen molar-refractivity contribution in [1.29, 1.82) is 0 Å². The molecule has 1 aromatic rings. The number of hydrogen-bond donors (Lipinski definition) is 2. The zero-order chi connectivity index (χ0) is 13.0. The van der Waals surface area contributed by atoms with Crippen LogP contribution < -0.4 is 11.1 Å². The fraction of sp³-hybridized carbons (Fsp3) is 0.273. The average molecular weight is 336 g/mol. The highest BCUT2D eigenvalue weighted by Crippen LogP contribution is 2.23. The van der Waals surface area contributed by atoms with Crippen LogP contribution in [0.4, 0.5) is 0 Å². The lowest BCUT2D eigenvalue weighted by atomic mass is 10.1. The van der Waals surface area contributed by atoms with Gasteiger partial charge in [-0.2, -0.15) is 0 Å². The van der Waals surface area contributed by atoms with E-state index >= 15 is 0 Å². The summed E-state index contributed by atoms with van der Waals surface area (Å²) in [6.45, 7) is 1.90. The van der Waals surface area contributed by atoms with Crippen LogP contribution in [-0.4, -0.2) is 16.9 Å². The predicted octanol–water partition coefficient (Wildman–Crippen LogP) is 2.90. The lowest BCUT2D eigenvalue weighted by Crippen LogP contribution is -2.42. The van der Waals surface area contributed by atoms with Gasteiger partial charge in [0.25, 0.3) is 5.91 Å². The largest absolute Gasteiger partial charge is 0.392 e. The van der Waals surface area contributed by atoms with Gasteiger partial charge in [-0.05, 0) is 40.5 Å². The third-order valence-corrected chi connectivity index (χ3v) is 3.76. The summed E-state index contributed by atoms with van der Waals surface area (Å²) in [6.07, 6.45) is 0.658. The number of halogens is 2. The van der Waals surface area contributed by atoms with Gasteiger partial charge in [-0.15, -0.1) is 0 Å². The molecule has 1 amide bonds. The Balaban J connectivity index is 2.82. The van der Waals surface area contributed by atoms with Crippen LogP contribution in [0.1, 0.15) is 23.7 Å². The summed E-state index contributed by atoms with van der Waals surface area (Å²) in [6, 6.07) is 4.70. The lowest BCUT2D eigenvalue weighted by molar-refractivity contribution is 0.0946. The van der Waals surface area contributed by atoms with Crippen LogP contribution >= 0.6 is 39.7 Å². The Hall–Kier alpha value is -0.650. The molecule has 17 heavy (non-hydrogen) atoms. The first-order chi connectivity index (χ1) is 7.95. The van der Waals surface area contributed by atoms with Crippen LogP contribution in [0.15, 0.2) is 22.7 Å². The number of nitrogens with one attached hydrogen (secondary N) is 1. The van der Waals surface area contributed by atoms with Crippen LogP contribution in [0.3, 0.4) is 0 Å². The smallest absolute Gasteiger partial charge is 0.251 e. The molecule has 0 radical (unpaired) electrons. The van der Waals surface area contributed by atoms with Crippen molar-refractivity contribution in [2.75, 3.05) is 0 Å². The minimum Gasteiger partial charge on any atom is -0.392 e. The van der Waals surface area contributed by atoms with E-state index in [4.69, 9.17) is 29.6 Å².